The summed E-state index contributed by atoms with van der Waals surface area (Å²) in [5.41, 5.74) is 2.78. The van der Waals surface area contributed by atoms with Crippen molar-refractivity contribution in [2.45, 2.75) is 48.0 Å². The average Bonchev–Trinajstić information content (AvgIpc) is 2.10. The van der Waals surface area contributed by atoms with Crippen LogP contribution in [0.5, 0.6) is 0 Å². The second-order valence-electron chi connectivity index (χ2n) is 5.06. The van der Waals surface area contributed by atoms with Crippen LogP contribution in [0.25, 0.3) is 0 Å². The van der Waals surface area contributed by atoms with Gasteiger partial charge in [-0.25, -0.2) is 0 Å². The molecule has 0 spiro atoms. The second-order valence-corrected chi connectivity index (χ2v) is 5.06. The highest BCUT2D eigenvalue weighted by atomic mass is 14.7. The first-order valence-electron chi connectivity index (χ1n) is 5.48. The highest BCUT2D eigenvalue weighted by molar-refractivity contribution is 5.99. The lowest BCUT2D eigenvalue weighted by molar-refractivity contribution is 0.590. The van der Waals surface area contributed by atoms with Crippen LogP contribution in [0.15, 0.2) is 16.6 Å². The quantitative estimate of drug-likeness (QED) is 0.601. The van der Waals surface area contributed by atoms with E-state index in [9.17, 15) is 0 Å². The molecule has 0 fully saturated rings. The van der Waals surface area contributed by atoms with Crippen LogP contribution in [-0.4, -0.2) is 12.8 Å². The minimum absolute atomic E-state index is 0.156. The summed E-state index contributed by atoms with van der Waals surface area (Å²) in [5.74, 6) is 0.661. The van der Waals surface area contributed by atoms with Crippen LogP contribution >= 0.6 is 0 Å². The van der Waals surface area contributed by atoms with Gasteiger partial charge in [-0.1, -0.05) is 40.2 Å². The van der Waals surface area contributed by atoms with E-state index in [2.05, 4.69) is 52.6 Å². The topological polar surface area (TPSA) is 12.4 Å². The Morgan fingerprint density at radius 2 is 1.86 bits per heavy atom. The van der Waals surface area contributed by atoms with Crippen molar-refractivity contribution in [1.82, 2.24) is 0 Å². The zero-order valence-electron chi connectivity index (χ0n) is 10.8. The summed E-state index contributed by atoms with van der Waals surface area (Å²) in [4.78, 5) is 4.36. The number of rotatable bonds is 3. The Labute approximate surface area is 89.3 Å². The minimum atomic E-state index is 0.156. The SMILES string of the molecule is CCC(C)/C(C)=C/C(=NC)C(C)(C)C. The minimum Gasteiger partial charge on any atom is -0.293 e. The molecule has 0 saturated carbocycles. The second kappa shape index (κ2) is 5.33. The Balaban J connectivity index is 4.78. The van der Waals surface area contributed by atoms with Crippen LogP contribution in [0.4, 0.5) is 0 Å². The molecule has 82 valence electrons. The lowest BCUT2D eigenvalue weighted by atomic mass is 9.87. The molecule has 0 bridgehead atoms. The predicted octanol–water partition coefficient (Wildman–Crippen LogP) is 4.10. The summed E-state index contributed by atoms with van der Waals surface area (Å²) in [7, 11) is 1.88. The molecular formula is C13H25N. The molecule has 0 aliphatic rings. The number of hydrogen-bond donors (Lipinski definition) is 0. The monoisotopic (exact) mass is 195 g/mol. The number of aliphatic imine (C=N–C) groups is 1. The molecule has 14 heavy (non-hydrogen) atoms. The van der Waals surface area contributed by atoms with Crippen LogP contribution in [-0.2, 0) is 0 Å². The van der Waals surface area contributed by atoms with E-state index in [4.69, 9.17) is 0 Å². The first kappa shape index (κ1) is 13.4. The predicted molar refractivity (Wildman–Crippen MR) is 66.0 cm³/mol. The molecule has 0 heterocycles. The van der Waals surface area contributed by atoms with Gasteiger partial charge in [-0.2, -0.15) is 0 Å². The van der Waals surface area contributed by atoms with Crippen molar-refractivity contribution in [2.24, 2.45) is 16.3 Å². The van der Waals surface area contributed by atoms with Gasteiger partial charge in [0.25, 0.3) is 0 Å². The number of nitrogens with zero attached hydrogens (tertiary/aromatic N) is 1. The van der Waals surface area contributed by atoms with Crippen molar-refractivity contribution >= 4 is 5.71 Å². The van der Waals surface area contributed by atoms with Crippen LogP contribution in [0.1, 0.15) is 48.0 Å². The Hall–Kier alpha value is -0.590. The molecule has 1 atom stereocenters. The summed E-state index contributed by atoms with van der Waals surface area (Å²) < 4.78 is 0. The standard InChI is InChI=1S/C13H25N/c1-8-10(2)11(3)9-12(14-7)13(4,5)6/h9-10H,8H2,1-7H3/b11-9+,14-12?. The van der Waals surface area contributed by atoms with E-state index in [0.717, 1.165) is 0 Å². The van der Waals surface area contributed by atoms with Gasteiger partial charge < -0.3 is 0 Å². The van der Waals surface area contributed by atoms with E-state index in [1.165, 1.54) is 17.7 Å². The Bertz CT molecular complexity index is 228. The van der Waals surface area contributed by atoms with Gasteiger partial charge in [0.1, 0.15) is 0 Å². The molecule has 1 heteroatoms. The fraction of sp³-hybridized carbons (Fsp3) is 0.769. The molecule has 0 saturated heterocycles. The summed E-state index contributed by atoms with van der Waals surface area (Å²) in [5, 5.41) is 0. The van der Waals surface area contributed by atoms with Gasteiger partial charge in [0, 0.05) is 18.2 Å². The van der Waals surface area contributed by atoms with Gasteiger partial charge in [0.05, 0.1) is 0 Å². The lowest BCUT2D eigenvalue weighted by Gasteiger charge is -2.20. The van der Waals surface area contributed by atoms with Gasteiger partial charge >= 0.3 is 0 Å². The van der Waals surface area contributed by atoms with E-state index in [-0.39, 0.29) is 5.41 Å². The van der Waals surface area contributed by atoms with Crippen molar-refractivity contribution in [3.8, 4) is 0 Å². The molecule has 0 rings (SSSR count). The van der Waals surface area contributed by atoms with Crippen molar-refractivity contribution in [1.29, 1.82) is 0 Å². The third-order valence-corrected chi connectivity index (χ3v) is 2.76. The normalized spacial score (nSPS) is 17.1. The largest absolute Gasteiger partial charge is 0.293 e. The molecule has 0 aliphatic carbocycles. The van der Waals surface area contributed by atoms with Crippen molar-refractivity contribution in [2.75, 3.05) is 7.05 Å². The maximum absolute atomic E-state index is 4.36. The molecular weight excluding hydrogens is 170 g/mol. The Morgan fingerprint density at radius 1 is 1.36 bits per heavy atom. The van der Waals surface area contributed by atoms with E-state index < -0.39 is 0 Å². The van der Waals surface area contributed by atoms with Gasteiger partial charge in [-0.15, -0.1) is 0 Å². The maximum atomic E-state index is 4.36. The van der Waals surface area contributed by atoms with Crippen molar-refractivity contribution < 1.29 is 0 Å². The summed E-state index contributed by atoms with van der Waals surface area (Å²) >= 11 is 0. The smallest absolute Gasteiger partial charge is 0.0397 e. The molecule has 0 aromatic carbocycles. The van der Waals surface area contributed by atoms with Crippen LogP contribution in [0.3, 0.4) is 0 Å². The van der Waals surface area contributed by atoms with E-state index in [1.807, 2.05) is 7.05 Å². The maximum Gasteiger partial charge on any atom is 0.0397 e. The van der Waals surface area contributed by atoms with E-state index in [0.29, 0.717) is 5.92 Å². The molecule has 0 aromatic rings. The van der Waals surface area contributed by atoms with E-state index >= 15 is 0 Å². The summed E-state index contributed by atoms with van der Waals surface area (Å²) in [6, 6.07) is 0. The van der Waals surface area contributed by atoms with Gasteiger partial charge in [0.2, 0.25) is 0 Å². The first-order chi connectivity index (χ1) is 6.32. The van der Waals surface area contributed by atoms with Gasteiger partial charge in [-0.05, 0) is 25.3 Å². The molecule has 0 aliphatic heterocycles. The van der Waals surface area contributed by atoms with Crippen molar-refractivity contribution in [3.63, 3.8) is 0 Å². The molecule has 0 radical (unpaired) electrons. The van der Waals surface area contributed by atoms with Gasteiger partial charge in [-0.3, -0.25) is 4.99 Å². The molecule has 0 amide bonds. The number of hydrogen-bond acceptors (Lipinski definition) is 1. The van der Waals surface area contributed by atoms with E-state index in [1.54, 1.807) is 0 Å². The van der Waals surface area contributed by atoms with Crippen LogP contribution in [0, 0.1) is 11.3 Å². The van der Waals surface area contributed by atoms with Crippen LogP contribution in [0.2, 0.25) is 0 Å². The zero-order chi connectivity index (χ0) is 11.4. The average molecular weight is 195 g/mol. The molecule has 0 aromatic heterocycles. The number of allylic oxidation sites excluding steroid dienone is 2. The third kappa shape index (κ3) is 4.08. The highest BCUT2D eigenvalue weighted by Crippen LogP contribution is 2.21. The fourth-order valence-corrected chi connectivity index (χ4v) is 1.30. The van der Waals surface area contributed by atoms with Crippen LogP contribution < -0.4 is 0 Å². The molecule has 0 N–H and O–H groups in total. The lowest BCUT2D eigenvalue weighted by Crippen LogP contribution is -2.19. The zero-order valence-corrected chi connectivity index (χ0v) is 10.8. The van der Waals surface area contributed by atoms with Gasteiger partial charge in [0.15, 0.2) is 0 Å². The molecule has 1 unspecified atom stereocenters. The molecule has 1 nitrogen and oxygen atoms in total. The Morgan fingerprint density at radius 3 is 2.14 bits per heavy atom. The summed E-state index contributed by atoms with van der Waals surface area (Å²) in [6.07, 6.45) is 3.44. The first-order valence-corrected chi connectivity index (χ1v) is 5.48. The fourth-order valence-electron chi connectivity index (χ4n) is 1.30. The highest BCUT2D eigenvalue weighted by Gasteiger charge is 2.16. The Kier molecular flexibility index (Phi) is 5.11. The van der Waals surface area contributed by atoms with Crippen molar-refractivity contribution in [3.05, 3.63) is 11.6 Å². The third-order valence-electron chi connectivity index (χ3n) is 2.76. The summed E-state index contributed by atoms with van der Waals surface area (Å²) in [6.45, 7) is 13.3.